The van der Waals surface area contributed by atoms with E-state index < -0.39 is 0 Å². The average Bonchev–Trinajstić information content (AvgIpc) is 2.78. The van der Waals surface area contributed by atoms with Gasteiger partial charge in [-0.25, -0.2) is 0 Å². The van der Waals surface area contributed by atoms with Crippen LogP contribution in [0.5, 0.6) is 0 Å². The zero-order valence-electron chi connectivity index (χ0n) is 22.4. The van der Waals surface area contributed by atoms with Gasteiger partial charge in [-0.05, 0) is 74.0 Å². The second-order valence-electron chi connectivity index (χ2n) is 11.7. The molecule has 0 radical (unpaired) electrons. The van der Waals surface area contributed by atoms with E-state index in [-0.39, 0.29) is 34.6 Å². The van der Waals surface area contributed by atoms with Gasteiger partial charge in [-0.3, -0.25) is 9.59 Å². The van der Waals surface area contributed by atoms with E-state index in [2.05, 4.69) is 55.4 Å². The molecule has 0 aromatic rings. The number of hydrogen-bond acceptors (Lipinski definition) is 4. The van der Waals surface area contributed by atoms with E-state index in [1.807, 2.05) is 0 Å². The second kappa shape index (κ2) is 13.6. The third kappa shape index (κ3) is 9.43. The highest BCUT2D eigenvalue weighted by Gasteiger charge is 2.32. The Hall–Kier alpha value is -1.06. The first kappa shape index (κ1) is 29.0. The molecule has 1 saturated carbocycles. The molecular weight excluding hydrogens is 400 g/mol. The Balaban J connectivity index is 2.24. The largest absolute Gasteiger partial charge is 0.465 e. The van der Waals surface area contributed by atoms with Crippen LogP contribution in [0, 0.1) is 34.5 Å². The Kier molecular flexibility index (Phi) is 12.3. The molecule has 188 valence electrons. The summed E-state index contributed by atoms with van der Waals surface area (Å²) in [6.45, 7) is 19.3. The number of carbonyl (C=O) groups excluding carboxylic acids is 2. The average molecular weight is 453 g/mol. The third-order valence-corrected chi connectivity index (χ3v) is 8.71. The molecule has 32 heavy (non-hydrogen) atoms. The Labute approximate surface area is 198 Å². The van der Waals surface area contributed by atoms with Gasteiger partial charge in [-0.2, -0.15) is 0 Å². The molecule has 4 nitrogen and oxygen atoms in total. The van der Waals surface area contributed by atoms with Crippen LogP contribution in [0.1, 0.15) is 120 Å². The maximum Gasteiger partial charge on any atom is 0.308 e. The zero-order valence-corrected chi connectivity index (χ0v) is 22.4. The Morgan fingerprint density at radius 1 is 0.719 bits per heavy atom. The fourth-order valence-corrected chi connectivity index (χ4v) is 4.80. The van der Waals surface area contributed by atoms with Gasteiger partial charge in [0.25, 0.3) is 0 Å². The van der Waals surface area contributed by atoms with Gasteiger partial charge in [0.15, 0.2) is 0 Å². The van der Waals surface area contributed by atoms with Crippen LogP contribution in [-0.2, 0) is 19.1 Å². The topological polar surface area (TPSA) is 52.6 Å². The molecule has 0 saturated heterocycles. The number of rotatable bonds is 14. The van der Waals surface area contributed by atoms with Gasteiger partial charge in [-0.1, -0.05) is 68.2 Å². The molecule has 0 amide bonds. The predicted octanol–water partition coefficient (Wildman–Crippen LogP) is 7.58. The summed E-state index contributed by atoms with van der Waals surface area (Å²) in [5.74, 6) is 1.06. The van der Waals surface area contributed by atoms with E-state index >= 15 is 0 Å². The van der Waals surface area contributed by atoms with Crippen LogP contribution in [0.25, 0.3) is 0 Å². The van der Waals surface area contributed by atoms with E-state index in [1.165, 1.54) is 12.8 Å². The summed E-state index contributed by atoms with van der Waals surface area (Å²) in [7, 11) is 0. The van der Waals surface area contributed by atoms with Crippen molar-refractivity contribution in [2.45, 2.75) is 120 Å². The zero-order chi connectivity index (χ0) is 24.4. The number of esters is 2. The first-order chi connectivity index (χ1) is 14.9. The van der Waals surface area contributed by atoms with Gasteiger partial charge < -0.3 is 9.47 Å². The van der Waals surface area contributed by atoms with Crippen LogP contribution in [0.15, 0.2) is 0 Å². The van der Waals surface area contributed by atoms with Crippen molar-refractivity contribution in [2.24, 2.45) is 34.5 Å². The molecule has 0 N–H and O–H groups in total. The summed E-state index contributed by atoms with van der Waals surface area (Å²) < 4.78 is 11.1. The maximum atomic E-state index is 12.4. The van der Waals surface area contributed by atoms with Crippen molar-refractivity contribution in [3.8, 4) is 0 Å². The molecule has 1 fully saturated rings. The maximum absolute atomic E-state index is 12.4. The minimum atomic E-state index is -0.0783. The summed E-state index contributed by atoms with van der Waals surface area (Å²) >= 11 is 0. The molecule has 0 aromatic carbocycles. The van der Waals surface area contributed by atoms with Crippen LogP contribution < -0.4 is 0 Å². The molecule has 1 rings (SSSR count). The normalized spacial score (nSPS) is 21.6. The lowest BCUT2D eigenvalue weighted by atomic mass is 9.75. The van der Waals surface area contributed by atoms with Crippen molar-refractivity contribution < 1.29 is 19.1 Å². The molecule has 2 atom stereocenters. The molecule has 0 bridgehead atoms. The van der Waals surface area contributed by atoms with Crippen LogP contribution in [-0.4, -0.2) is 25.2 Å². The fraction of sp³-hybridized carbons (Fsp3) is 0.929. The second-order valence-corrected chi connectivity index (χ2v) is 11.7. The molecule has 1 aliphatic rings. The lowest BCUT2D eigenvalue weighted by Crippen LogP contribution is -2.29. The standard InChI is InChI=1S/C28H52O4/c1-9-21(3)27(5,6)17-11-19-31-25(29)23-13-15-24(16-14-23)26(30)32-20-12-18-28(7,8)22(4)10-2/h21-24H,9-20H2,1-8H3. The summed E-state index contributed by atoms with van der Waals surface area (Å²) in [4.78, 5) is 24.9. The highest BCUT2D eigenvalue weighted by Crippen LogP contribution is 2.35. The first-order valence-corrected chi connectivity index (χ1v) is 13.3. The van der Waals surface area contributed by atoms with Crippen LogP contribution in [0.2, 0.25) is 0 Å². The lowest BCUT2D eigenvalue weighted by Gasteiger charge is -2.31. The molecule has 0 heterocycles. The molecule has 0 aromatic heterocycles. The van der Waals surface area contributed by atoms with Gasteiger partial charge in [0, 0.05) is 0 Å². The third-order valence-electron chi connectivity index (χ3n) is 8.71. The summed E-state index contributed by atoms with van der Waals surface area (Å²) in [6.07, 6.45) is 9.26. The summed E-state index contributed by atoms with van der Waals surface area (Å²) in [5.41, 5.74) is 0.563. The Morgan fingerprint density at radius 2 is 1.03 bits per heavy atom. The van der Waals surface area contributed by atoms with Crippen molar-refractivity contribution in [3.05, 3.63) is 0 Å². The highest BCUT2D eigenvalue weighted by atomic mass is 16.5. The first-order valence-electron chi connectivity index (χ1n) is 13.3. The predicted molar refractivity (Wildman–Crippen MR) is 132 cm³/mol. The smallest absolute Gasteiger partial charge is 0.308 e. The van der Waals surface area contributed by atoms with Crippen molar-refractivity contribution in [2.75, 3.05) is 13.2 Å². The Bertz CT molecular complexity index is 508. The SMILES string of the molecule is CCC(C)C(C)(C)CCCOC(=O)C1CCC(C(=O)OCCCC(C)(C)C(C)CC)CC1. The van der Waals surface area contributed by atoms with Crippen molar-refractivity contribution >= 4 is 11.9 Å². The molecule has 4 heteroatoms. The van der Waals surface area contributed by atoms with E-state index in [0.29, 0.717) is 25.0 Å². The van der Waals surface area contributed by atoms with Gasteiger partial charge in [-0.15, -0.1) is 0 Å². The van der Waals surface area contributed by atoms with Gasteiger partial charge in [0.1, 0.15) is 0 Å². The molecule has 1 aliphatic carbocycles. The van der Waals surface area contributed by atoms with E-state index in [4.69, 9.17) is 9.47 Å². The number of ether oxygens (including phenoxy) is 2. The van der Waals surface area contributed by atoms with Crippen molar-refractivity contribution in [1.29, 1.82) is 0 Å². The molecule has 2 unspecified atom stereocenters. The lowest BCUT2D eigenvalue weighted by molar-refractivity contribution is -0.155. The monoisotopic (exact) mass is 452 g/mol. The van der Waals surface area contributed by atoms with Gasteiger partial charge in [0.05, 0.1) is 25.0 Å². The van der Waals surface area contributed by atoms with Crippen LogP contribution in [0.3, 0.4) is 0 Å². The molecule has 0 spiro atoms. The van der Waals surface area contributed by atoms with Crippen molar-refractivity contribution in [3.63, 3.8) is 0 Å². The van der Waals surface area contributed by atoms with Gasteiger partial charge >= 0.3 is 11.9 Å². The van der Waals surface area contributed by atoms with Crippen molar-refractivity contribution in [1.82, 2.24) is 0 Å². The van der Waals surface area contributed by atoms with E-state index in [0.717, 1.165) is 51.4 Å². The number of carbonyl (C=O) groups is 2. The van der Waals surface area contributed by atoms with Gasteiger partial charge in [0.2, 0.25) is 0 Å². The quantitative estimate of drug-likeness (QED) is 0.201. The van der Waals surface area contributed by atoms with Crippen LogP contribution in [0.4, 0.5) is 0 Å². The molecule has 0 aliphatic heterocycles. The minimum absolute atomic E-state index is 0.0574. The minimum Gasteiger partial charge on any atom is -0.465 e. The summed E-state index contributed by atoms with van der Waals surface area (Å²) in [6, 6.07) is 0. The van der Waals surface area contributed by atoms with E-state index in [1.54, 1.807) is 0 Å². The highest BCUT2D eigenvalue weighted by molar-refractivity contribution is 5.75. The number of hydrogen-bond donors (Lipinski definition) is 0. The Morgan fingerprint density at radius 3 is 1.31 bits per heavy atom. The fourth-order valence-electron chi connectivity index (χ4n) is 4.80. The van der Waals surface area contributed by atoms with Crippen LogP contribution >= 0.6 is 0 Å². The van der Waals surface area contributed by atoms with E-state index in [9.17, 15) is 9.59 Å². The summed E-state index contributed by atoms with van der Waals surface area (Å²) in [5, 5.41) is 0. The molecular formula is C28H52O4.